The number of hydrogen-bond donors (Lipinski definition) is 1. The highest BCUT2D eigenvalue weighted by Gasteiger charge is 2.20. The second-order valence-electron chi connectivity index (χ2n) is 8.23. The van der Waals surface area contributed by atoms with Crippen molar-refractivity contribution < 1.29 is 5.11 Å². The van der Waals surface area contributed by atoms with Crippen LogP contribution >= 0.6 is 11.3 Å². The van der Waals surface area contributed by atoms with Crippen molar-refractivity contribution in [1.29, 1.82) is 5.26 Å². The lowest BCUT2D eigenvalue weighted by Gasteiger charge is -2.06. The van der Waals surface area contributed by atoms with Gasteiger partial charge < -0.3 is 9.67 Å². The van der Waals surface area contributed by atoms with Crippen LogP contribution in [0, 0.1) is 11.3 Å². The van der Waals surface area contributed by atoms with Crippen LogP contribution < -0.4 is 14.8 Å². The Hall–Kier alpha value is -3.96. The zero-order chi connectivity index (χ0) is 23.7. The van der Waals surface area contributed by atoms with Crippen LogP contribution in [0.2, 0.25) is 0 Å². The first-order chi connectivity index (χ1) is 16.6. The van der Waals surface area contributed by atoms with Gasteiger partial charge in [0.25, 0.3) is 5.56 Å². The minimum atomic E-state index is -0.240. The van der Waals surface area contributed by atoms with Gasteiger partial charge >= 0.3 is 0 Å². The molecule has 4 aromatic rings. The monoisotopic (exact) mass is 469 g/mol. The normalized spacial score (nSPS) is 15.0. The third kappa shape index (κ3) is 3.74. The van der Waals surface area contributed by atoms with E-state index in [1.165, 1.54) is 11.3 Å². The topological polar surface area (TPSA) is 96.7 Å². The molecule has 170 valence electrons. The molecule has 0 atom stereocenters. The Morgan fingerprint density at radius 1 is 1.21 bits per heavy atom. The van der Waals surface area contributed by atoms with Gasteiger partial charge in [-0.15, -0.1) is 28.1 Å². The molecule has 5 rings (SSSR count). The van der Waals surface area contributed by atoms with Gasteiger partial charge in [-0.1, -0.05) is 42.8 Å². The number of rotatable bonds is 4. The minimum absolute atomic E-state index is 0.0931. The van der Waals surface area contributed by atoms with Crippen LogP contribution in [0.4, 0.5) is 0 Å². The number of aromatic hydroxyl groups is 1. The first-order valence-electron chi connectivity index (χ1n) is 11.2. The van der Waals surface area contributed by atoms with Crippen LogP contribution in [-0.2, 0) is 19.5 Å². The van der Waals surface area contributed by atoms with Crippen molar-refractivity contribution in [2.45, 2.75) is 38.8 Å². The summed E-state index contributed by atoms with van der Waals surface area (Å²) in [6, 6.07) is 13.5. The molecule has 0 saturated carbocycles. The third-order valence-electron chi connectivity index (χ3n) is 6.10. The zero-order valence-corrected chi connectivity index (χ0v) is 19.4. The number of benzene rings is 2. The summed E-state index contributed by atoms with van der Waals surface area (Å²) in [7, 11) is 0. The molecule has 0 saturated heterocycles. The van der Waals surface area contributed by atoms with Crippen molar-refractivity contribution >= 4 is 33.8 Å². The molecule has 0 radical (unpaired) electrons. The number of nitriles is 1. The lowest BCUT2D eigenvalue weighted by molar-refractivity contribution is 0.475. The van der Waals surface area contributed by atoms with Gasteiger partial charge in [0, 0.05) is 25.1 Å². The summed E-state index contributed by atoms with van der Waals surface area (Å²) in [5.41, 5.74) is 0.658. The molecule has 0 fully saturated rings. The standard InChI is InChI=1S/C26H23N5O2S/c1-2-13-31-25(33)22(15-19-18-9-6-5-8-17(18)11-12-21(19)32)34-26(31)20(16-27)24-29-28-23-10-4-3-7-14-30(23)24/h2,5-6,8-9,11-12,15,32H,1,3-4,7,10,13-14H2/b22-15-,26-20+. The summed E-state index contributed by atoms with van der Waals surface area (Å²) in [5.74, 6) is 1.47. The van der Waals surface area contributed by atoms with Gasteiger partial charge in [0.1, 0.15) is 27.9 Å². The van der Waals surface area contributed by atoms with E-state index in [0.717, 1.165) is 48.8 Å². The maximum absolute atomic E-state index is 13.4. The lowest BCUT2D eigenvalue weighted by Crippen LogP contribution is -2.32. The van der Waals surface area contributed by atoms with E-state index >= 15 is 0 Å². The molecular formula is C26H23N5O2S. The molecule has 2 aromatic carbocycles. The summed E-state index contributed by atoms with van der Waals surface area (Å²) in [4.78, 5) is 13.4. The highest BCUT2D eigenvalue weighted by atomic mass is 32.1. The van der Waals surface area contributed by atoms with Crippen LogP contribution in [0.15, 0.2) is 53.8 Å². The van der Waals surface area contributed by atoms with Crippen LogP contribution in [0.3, 0.4) is 0 Å². The number of aromatic nitrogens is 4. The highest BCUT2D eigenvalue weighted by Crippen LogP contribution is 2.27. The fraction of sp³-hybridized carbons (Fsp3) is 0.231. The number of phenolic OH excluding ortho intramolecular Hbond substituents is 1. The van der Waals surface area contributed by atoms with Gasteiger partial charge in [-0.2, -0.15) is 5.26 Å². The summed E-state index contributed by atoms with van der Waals surface area (Å²) in [6.07, 6.45) is 7.32. The van der Waals surface area contributed by atoms with Crippen molar-refractivity contribution in [1.82, 2.24) is 19.3 Å². The van der Waals surface area contributed by atoms with Crippen LogP contribution in [0.5, 0.6) is 5.75 Å². The number of aryl methyl sites for hydroxylation is 1. The maximum atomic E-state index is 13.4. The molecular weight excluding hydrogens is 446 g/mol. The van der Waals surface area contributed by atoms with E-state index in [1.807, 2.05) is 34.9 Å². The van der Waals surface area contributed by atoms with Gasteiger partial charge in [-0.25, -0.2) is 0 Å². The van der Waals surface area contributed by atoms with Crippen LogP contribution in [0.1, 0.15) is 36.5 Å². The Morgan fingerprint density at radius 2 is 2.06 bits per heavy atom. The number of thiazole rings is 1. The van der Waals surface area contributed by atoms with Gasteiger partial charge in [-0.05, 0) is 35.8 Å². The number of fused-ring (bicyclic) bond motifs is 2. The van der Waals surface area contributed by atoms with Crippen molar-refractivity contribution in [3.05, 3.63) is 85.8 Å². The Kier molecular flexibility index (Phi) is 5.86. The van der Waals surface area contributed by atoms with Gasteiger partial charge in [0.15, 0.2) is 5.82 Å². The number of nitrogens with zero attached hydrogens (tertiary/aromatic N) is 5. The molecule has 1 aliphatic heterocycles. The molecule has 0 aliphatic carbocycles. The lowest BCUT2D eigenvalue weighted by atomic mass is 10.0. The number of hydrogen-bond acceptors (Lipinski definition) is 6. The Labute approximate surface area is 199 Å². The second kappa shape index (κ2) is 9.12. The predicted molar refractivity (Wildman–Crippen MR) is 133 cm³/mol. The first kappa shape index (κ1) is 21.9. The van der Waals surface area contributed by atoms with E-state index in [2.05, 4.69) is 22.8 Å². The van der Waals surface area contributed by atoms with Crippen molar-refractivity contribution in [2.24, 2.45) is 0 Å². The van der Waals surface area contributed by atoms with E-state index in [1.54, 1.807) is 22.8 Å². The average molecular weight is 470 g/mol. The quantitative estimate of drug-likeness (QED) is 0.464. The van der Waals surface area contributed by atoms with E-state index < -0.39 is 0 Å². The first-order valence-corrected chi connectivity index (χ1v) is 12.0. The van der Waals surface area contributed by atoms with E-state index in [9.17, 15) is 15.2 Å². The minimum Gasteiger partial charge on any atom is -0.507 e. The van der Waals surface area contributed by atoms with Gasteiger partial charge in [-0.3, -0.25) is 9.36 Å². The molecule has 2 aromatic heterocycles. The fourth-order valence-electron chi connectivity index (χ4n) is 4.43. The Balaban J connectivity index is 1.80. The zero-order valence-electron chi connectivity index (χ0n) is 18.6. The number of phenols is 1. The van der Waals surface area contributed by atoms with E-state index in [0.29, 0.717) is 26.2 Å². The van der Waals surface area contributed by atoms with Crippen molar-refractivity contribution in [3.63, 3.8) is 0 Å². The third-order valence-corrected chi connectivity index (χ3v) is 7.23. The van der Waals surface area contributed by atoms with Gasteiger partial charge in [0.2, 0.25) is 0 Å². The molecule has 0 bridgehead atoms. The molecule has 7 nitrogen and oxygen atoms in total. The van der Waals surface area contributed by atoms with Crippen LogP contribution in [-0.4, -0.2) is 24.4 Å². The molecule has 1 aliphatic rings. The van der Waals surface area contributed by atoms with E-state index in [-0.39, 0.29) is 17.9 Å². The van der Waals surface area contributed by atoms with Crippen molar-refractivity contribution in [3.8, 4) is 11.8 Å². The largest absolute Gasteiger partial charge is 0.507 e. The summed E-state index contributed by atoms with van der Waals surface area (Å²) < 4.78 is 4.49. The predicted octanol–water partition coefficient (Wildman–Crippen LogP) is 2.82. The average Bonchev–Trinajstić information content (AvgIpc) is 3.27. The Morgan fingerprint density at radius 3 is 2.88 bits per heavy atom. The number of allylic oxidation sites excluding steroid dienone is 1. The van der Waals surface area contributed by atoms with Crippen LogP contribution in [0.25, 0.3) is 22.4 Å². The van der Waals surface area contributed by atoms with E-state index in [4.69, 9.17) is 0 Å². The molecule has 0 unspecified atom stereocenters. The Bertz CT molecular complexity index is 1630. The summed E-state index contributed by atoms with van der Waals surface area (Å²) >= 11 is 1.22. The molecule has 0 spiro atoms. The molecule has 0 amide bonds. The van der Waals surface area contributed by atoms with Gasteiger partial charge in [0.05, 0.1) is 4.53 Å². The molecule has 34 heavy (non-hydrogen) atoms. The molecule has 3 heterocycles. The SMILES string of the molecule is C=CCn1c(=O)/c(=C/c2c(O)ccc3ccccc23)s/c1=C(\C#N)c1nnc2n1CCCCC2. The maximum Gasteiger partial charge on any atom is 0.269 e. The smallest absolute Gasteiger partial charge is 0.269 e. The highest BCUT2D eigenvalue weighted by molar-refractivity contribution is 7.07. The fourth-order valence-corrected chi connectivity index (χ4v) is 5.52. The molecule has 1 N–H and O–H groups in total. The second-order valence-corrected chi connectivity index (χ2v) is 9.26. The molecule has 8 heteroatoms. The van der Waals surface area contributed by atoms with Crippen molar-refractivity contribution in [2.75, 3.05) is 0 Å². The summed E-state index contributed by atoms with van der Waals surface area (Å²) in [5, 5.41) is 31.2. The summed E-state index contributed by atoms with van der Waals surface area (Å²) in [6.45, 7) is 4.80.